The van der Waals surface area contributed by atoms with Gasteiger partial charge in [-0.05, 0) is 18.8 Å². The van der Waals surface area contributed by atoms with Crippen LogP contribution in [0, 0.1) is 11.8 Å². The van der Waals surface area contributed by atoms with E-state index in [0.717, 1.165) is 0 Å². The first kappa shape index (κ1) is 19.1. The van der Waals surface area contributed by atoms with Gasteiger partial charge in [0, 0.05) is 0 Å². The van der Waals surface area contributed by atoms with Crippen LogP contribution in [0.4, 0.5) is 22.0 Å². The summed E-state index contributed by atoms with van der Waals surface area (Å²) in [5, 5.41) is 0. The van der Waals surface area contributed by atoms with Gasteiger partial charge >= 0.3 is 12.1 Å². The van der Waals surface area contributed by atoms with Crippen molar-refractivity contribution in [1.82, 2.24) is 0 Å². The molecule has 0 aromatic carbocycles. The highest BCUT2D eigenvalue weighted by atomic mass is 19.4. The van der Waals surface area contributed by atoms with E-state index in [4.69, 9.17) is 0 Å². The van der Waals surface area contributed by atoms with E-state index < -0.39 is 36.5 Å². The first-order chi connectivity index (χ1) is 8.89. The average Bonchev–Trinajstić information content (AvgIpc) is 2.22. The average molecular weight is 304 g/mol. The number of rotatable bonds is 7. The lowest BCUT2D eigenvalue weighted by Gasteiger charge is -2.29. The van der Waals surface area contributed by atoms with E-state index in [0.29, 0.717) is 6.42 Å². The molecule has 2 nitrogen and oxygen atoms in total. The van der Waals surface area contributed by atoms with Crippen molar-refractivity contribution in [3.63, 3.8) is 0 Å². The van der Waals surface area contributed by atoms with Crippen LogP contribution in [0.25, 0.3) is 0 Å². The SMILES string of the molecule is CCC(C)C(=O)OC(CC(C)C)C(F)(F)CC(F)(F)F. The summed E-state index contributed by atoms with van der Waals surface area (Å²) in [6.07, 6.45) is -9.29. The fraction of sp³-hybridized carbons (Fsp3) is 0.923. The van der Waals surface area contributed by atoms with Gasteiger partial charge in [-0.25, -0.2) is 8.78 Å². The van der Waals surface area contributed by atoms with Crippen molar-refractivity contribution < 1.29 is 31.5 Å². The van der Waals surface area contributed by atoms with Gasteiger partial charge in [-0.2, -0.15) is 13.2 Å². The van der Waals surface area contributed by atoms with Crippen LogP contribution in [0.1, 0.15) is 47.0 Å². The molecule has 0 aromatic rings. The van der Waals surface area contributed by atoms with Crippen molar-refractivity contribution in [2.24, 2.45) is 11.8 Å². The molecule has 0 spiro atoms. The van der Waals surface area contributed by atoms with E-state index in [1.54, 1.807) is 20.8 Å². The lowest BCUT2D eigenvalue weighted by Crippen LogP contribution is -2.42. The largest absolute Gasteiger partial charge is 0.456 e. The number of halogens is 5. The minimum Gasteiger partial charge on any atom is -0.456 e. The second kappa shape index (κ2) is 7.22. The van der Waals surface area contributed by atoms with E-state index in [9.17, 15) is 26.7 Å². The number of hydrogen-bond acceptors (Lipinski definition) is 2. The van der Waals surface area contributed by atoms with Gasteiger partial charge in [-0.3, -0.25) is 4.79 Å². The Kier molecular flexibility index (Phi) is 6.90. The van der Waals surface area contributed by atoms with Crippen LogP contribution < -0.4 is 0 Å². The second-order valence-corrected chi connectivity index (χ2v) is 5.42. The van der Waals surface area contributed by atoms with Gasteiger partial charge in [-0.15, -0.1) is 0 Å². The molecular weight excluding hydrogens is 283 g/mol. The third-order valence-corrected chi connectivity index (χ3v) is 2.87. The third-order valence-electron chi connectivity index (χ3n) is 2.87. The van der Waals surface area contributed by atoms with Crippen LogP contribution in [0.15, 0.2) is 0 Å². The normalized spacial score (nSPS) is 16.1. The standard InChI is InChI=1S/C13H21F5O2/c1-5-9(4)11(19)20-10(6-8(2)3)12(14,15)7-13(16,17)18/h8-10H,5-7H2,1-4H3. The molecule has 0 radical (unpaired) electrons. The maximum absolute atomic E-state index is 13.7. The summed E-state index contributed by atoms with van der Waals surface area (Å²) in [6, 6.07) is 0. The molecule has 0 bridgehead atoms. The smallest absolute Gasteiger partial charge is 0.395 e. The van der Waals surface area contributed by atoms with Crippen LogP contribution in [0.5, 0.6) is 0 Å². The predicted molar refractivity (Wildman–Crippen MR) is 64.4 cm³/mol. The number of carbonyl (C=O) groups is 1. The van der Waals surface area contributed by atoms with Crippen molar-refractivity contribution in [2.45, 2.75) is 65.2 Å². The maximum atomic E-state index is 13.7. The molecule has 0 aromatic heterocycles. The first-order valence-corrected chi connectivity index (χ1v) is 6.54. The topological polar surface area (TPSA) is 26.3 Å². The van der Waals surface area contributed by atoms with Gasteiger partial charge in [0.15, 0.2) is 6.10 Å². The molecule has 0 saturated carbocycles. The molecule has 120 valence electrons. The summed E-state index contributed by atoms with van der Waals surface area (Å²) in [5.41, 5.74) is 0. The minimum absolute atomic E-state index is 0.314. The van der Waals surface area contributed by atoms with Gasteiger partial charge in [0.1, 0.15) is 6.42 Å². The van der Waals surface area contributed by atoms with Gasteiger partial charge in [0.05, 0.1) is 5.92 Å². The summed E-state index contributed by atoms with van der Waals surface area (Å²) >= 11 is 0. The number of alkyl halides is 5. The Morgan fingerprint density at radius 2 is 1.60 bits per heavy atom. The lowest BCUT2D eigenvalue weighted by atomic mass is 9.98. The van der Waals surface area contributed by atoms with Gasteiger partial charge in [0.25, 0.3) is 5.92 Å². The quantitative estimate of drug-likeness (QED) is 0.508. The van der Waals surface area contributed by atoms with Gasteiger partial charge < -0.3 is 4.74 Å². The Morgan fingerprint density at radius 1 is 1.10 bits per heavy atom. The van der Waals surface area contributed by atoms with E-state index in [1.807, 2.05) is 0 Å². The highest BCUT2D eigenvalue weighted by molar-refractivity contribution is 5.72. The zero-order valence-electron chi connectivity index (χ0n) is 12.1. The predicted octanol–water partition coefficient (Wildman–Crippen LogP) is 4.58. The van der Waals surface area contributed by atoms with Crippen LogP contribution in [-0.4, -0.2) is 24.2 Å². The Labute approximate surface area is 115 Å². The number of carbonyl (C=O) groups excluding carboxylic acids is 1. The summed E-state index contributed by atoms with van der Waals surface area (Å²) < 4.78 is 68.6. The van der Waals surface area contributed by atoms with Crippen LogP contribution in [0.2, 0.25) is 0 Å². The Morgan fingerprint density at radius 3 is 1.95 bits per heavy atom. The van der Waals surface area contributed by atoms with Crippen molar-refractivity contribution in [3.05, 3.63) is 0 Å². The molecule has 0 aliphatic rings. The Hall–Kier alpha value is -0.880. The highest BCUT2D eigenvalue weighted by Crippen LogP contribution is 2.37. The molecule has 0 amide bonds. The molecule has 0 heterocycles. The van der Waals surface area contributed by atoms with Crippen LogP contribution in [-0.2, 0) is 9.53 Å². The Bertz CT molecular complexity index is 312. The minimum atomic E-state index is -5.01. The number of esters is 1. The van der Waals surface area contributed by atoms with E-state index >= 15 is 0 Å². The van der Waals surface area contributed by atoms with Crippen LogP contribution >= 0.6 is 0 Å². The maximum Gasteiger partial charge on any atom is 0.395 e. The summed E-state index contributed by atoms with van der Waals surface area (Å²) in [6.45, 7) is 6.30. The third kappa shape index (κ3) is 7.05. The Balaban J connectivity index is 4.99. The molecule has 7 heteroatoms. The molecule has 2 atom stereocenters. The number of hydrogen-bond donors (Lipinski definition) is 0. The van der Waals surface area contributed by atoms with E-state index in [1.165, 1.54) is 6.92 Å². The fourth-order valence-electron chi connectivity index (χ4n) is 1.54. The lowest BCUT2D eigenvalue weighted by molar-refractivity contribution is -0.227. The molecule has 0 rings (SSSR count). The zero-order valence-corrected chi connectivity index (χ0v) is 12.1. The zero-order chi connectivity index (χ0) is 16.1. The molecule has 2 unspecified atom stereocenters. The molecule has 0 aliphatic carbocycles. The molecule has 0 fully saturated rings. The van der Waals surface area contributed by atoms with Crippen molar-refractivity contribution in [3.8, 4) is 0 Å². The first-order valence-electron chi connectivity index (χ1n) is 6.54. The van der Waals surface area contributed by atoms with E-state index in [2.05, 4.69) is 4.74 Å². The van der Waals surface area contributed by atoms with Gasteiger partial charge in [0.2, 0.25) is 0 Å². The molecule has 20 heavy (non-hydrogen) atoms. The summed E-state index contributed by atoms with van der Waals surface area (Å²) in [4.78, 5) is 11.5. The highest BCUT2D eigenvalue weighted by Gasteiger charge is 2.51. The molecule has 0 aliphatic heterocycles. The van der Waals surface area contributed by atoms with E-state index in [-0.39, 0.29) is 12.3 Å². The summed E-state index contributed by atoms with van der Waals surface area (Å²) in [7, 11) is 0. The molecule has 0 saturated heterocycles. The van der Waals surface area contributed by atoms with Crippen LogP contribution in [0.3, 0.4) is 0 Å². The van der Waals surface area contributed by atoms with Crippen molar-refractivity contribution >= 4 is 5.97 Å². The molecular formula is C13H21F5O2. The van der Waals surface area contributed by atoms with Gasteiger partial charge in [-0.1, -0.05) is 27.7 Å². The number of ether oxygens (including phenoxy) is 1. The molecule has 0 N–H and O–H groups in total. The van der Waals surface area contributed by atoms with Crippen molar-refractivity contribution in [1.29, 1.82) is 0 Å². The second-order valence-electron chi connectivity index (χ2n) is 5.42. The summed E-state index contributed by atoms with van der Waals surface area (Å²) in [5.74, 6) is -5.94. The fourth-order valence-corrected chi connectivity index (χ4v) is 1.54. The van der Waals surface area contributed by atoms with Crippen molar-refractivity contribution in [2.75, 3.05) is 0 Å². The monoisotopic (exact) mass is 304 g/mol.